The van der Waals surface area contributed by atoms with Crippen LogP contribution in [0.1, 0.15) is 20.2 Å². The van der Waals surface area contributed by atoms with Gasteiger partial charge < -0.3 is 19.5 Å². The Morgan fingerprint density at radius 1 is 1.15 bits per heavy atom. The molecule has 3 heterocycles. The molecule has 0 unspecified atom stereocenters. The summed E-state index contributed by atoms with van der Waals surface area (Å²) in [5.41, 5.74) is 4.30. The number of rotatable bonds is 7. The molecule has 0 bridgehead atoms. The molecule has 1 saturated heterocycles. The summed E-state index contributed by atoms with van der Waals surface area (Å²) in [5.74, 6) is 0.736. The summed E-state index contributed by atoms with van der Waals surface area (Å²) in [7, 11) is 0. The number of aliphatic hydroxyl groups excluding tert-OH is 1. The van der Waals surface area contributed by atoms with Crippen molar-refractivity contribution in [2.45, 2.75) is 13.0 Å². The molecular weight excluding hydrogens is 438 g/mol. The minimum atomic E-state index is -0.115. The molecule has 1 N–H and O–H groups in total. The molecule has 2 aromatic carbocycles. The molecule has 1 fully saturated rings. The van der Waals surface area contributed by atoms with Gasteiger partial charge in [-0.05, 0) is 41.3 Å². The number of benzene rings is 2. The van der Waals surface area contributed by atoms with E-state index in [1.165, 1.54) is 11.3 Å². The summed E-state index contributed by atoms with van der Waals surface area (Å²) < 4.78 is 11.4. The van der Waals surface area contributed by atoms with Crippen LogP contribution in [0, 0.1) is 0 Å². The first-order chi connectivity index (χ1) is 16.2. The average Bonchev–Trinajstić information content (AvgIpc) is 3.52. The first-order valence-corrected chi connectivity index (χ1v) is 12.1. The first kappa shape index (κ1) is 22.0. The fourth-order valence-electron chi connectivity index (χ4n) is 4.38. The molecule has 3 aromatic rings. The maximum atomic E-state index is 13.0. The van der Waals surface area contributed by atoms with Crippen LogP contribution in [0.2, 0.25) is 0 Å². The van der Waals surface area contributed by atoms with Crippen LogP contribution < -0.4 is 9.64 Å². The number of amides is 1. The van der Waals surface area contributed by atoms with Crippen molar-refractivity contribution >= 4 is 22.9 Å². The van der Waals surface area contributed by atoms with E-state index >= 15 is 0 Å². The molecule has 2 aliphatic heterocycles. The molecular formula is C25H27N3O4S. The van der Waals surface area contributed by atoms with Gasteiger partial charge in [-0.1, -0.05) is 24.3 Å². The number of morpholine rings is 1. The normalized spacial score (nSPS) is 16.1. The number of carbonyl (C=O) groups is 1. The first-order valence-electron chi connectivity index (χ1n) is 11.3. The van der Waals surface area contributed by atoms with E-state index in [4.69, 9.17) is 9.47 Å². The highest BCUT2D eigenvalue weighted by molar-refractivity contribution is 7.13. The number of thiazole rings is 1. The van der Waals surface area contributed by atoms with Crippen molar-refractivity contribution in [3.63, 3.8) is 0 Å². The number of ether oxygens (including phenoxy) is 2. The van der Waals surface area contributed by atoms with E-state index in [-0.39, 0.29) is 12.5 Å². The largest absolute Gasteiger partial charge is 0.492 e. The van der Waals surface area contributed by atoms with Gasteiger partial charge in [0.25, 0.3) is 5.91 Å². The van der Waals surface area contributed by atoms with Gasteiger partial charge >= 0.3 is 0 Å². The van der Waals surface area contributed by atoms with Gasteiger partial charge in [0.1, 0.15) is 12.4 Å². The number of aromatic nitrogens is 1. The molecule has 2 aliphatic rings. The molecule has 0 radical (unpaired) electrons. The summed E-state index contributed by atoms with van der Waals surface area (Å²) in [5, 5.41) is 9.70. The van der Waals surface area contributed by atoms with Gasteiger partial charge in [0.15, 0.2) is 5.01 Å². The summed E-state index contributed by atoms with van der Waals surface area (Å²) in [6.45, 7) is 5.54. The van der Waals surface area contributed by atoms with Crippen LogP contribution in [0.5, 0.6) is 5.75 Å². The van der Waals surface area contributed by atoms with Gasteiger partial charge in [-0.3, -0.25) is 9.69 Å². The highest BCUT2D eigenvalue weighted by Crippen LogP contribution is 2.38. The van der Waals surface area contributed by atoms with E-state index in [2.05, 4.69) is 28.1 Å². The second kappa shape index (κ2) is 10.0. The zero-order valence-corrected chi connectivity index (χ0v) is 19.2. The third-order valence-electron chi connectivity index (χ3n) is 6.09. The third kappa shape index (κ3) is 4.79. The topological polar surface area (TPSA) is 75.1 Å². The lowest BCUT2D eigenvalue weighted by molar-refractivity contribution is 0.0322. The Morgan fingerprint density at radius 2 is 2.00 bits per heavy atom. The van der Waals surface area contributed by atoms with E-state index in [9.17, 15) is 9.90 Å². The van der Waals surface area contributed by atoms with Crippen LogP contribution in [0.4, 0.5) is 5.69 Å². The van der Waals surface area contributed by atoms with Crippen molar-refractivity contribution in [1.82, 2.24) is 9.88 Å². The zero-order valence-electron chi connectivity index (χ0n) is 18.4. The summed E-state index contributed by atoms with van der Waals surface area (Å²) >= 11 is 1.24. The molecule has 0 saturated carbocycles. The van der Waals surface area contributed by atoms with Crippen molar-refractivity contribution in [2.24, 2.45) is 0 Å². The molecule has 5 rings (SSSR count). The lowest BCUT2D eigenvalue weighted by atomic mass is 9.98. The minimum Gasteiger partial charge on any atom is -0.492 e. The molecule has 0 aliphatic carbocycles. The highest BCUT2D eigenvalue weighted by atomic mass is 32.1. The molecule has 8 heteroatoms. The number of carbonyl (C=O) groups excluding carboxylic acids is 1. The Hall–Kier alpha value is -2.78. The van der Waals surface area contributed by atoms with Crippen LogP contribution in [-0.2, 0) is 17.8 Å². The Balaban J connectivity index is 1.31. The lowest BCUT2D eigenvalue weighted by Crippen LogP contribution is -2.38. The molecule has 172 valence electrons. The molecule has 7 nitrogen and oxygen atoms in total. The van der Waals surface area contributed by atoms with Gasteiger partial charge in [0.2, 0.25) is 0 Å². The van der Waals surface area contributed by atoms with Gasteiger partial charge in [0, 0.05) is 38.1 Å². The highest BCUT2D eigenvalue weighted by Gasteiger charge is 2.29. The summed E-state index contributed by atoms with van der Waals surface area (Å²) in [6.07, 6.45) is 2.35. The average molecular weight is 466 g/mol. The van der Waals surface area contributed by atoms with Gasteiger partial charge in [-0.2, -0.15) is 0 Å². The molecule has 1 amide bonds. The van der Waals surface area contributed by atoms with Crippen molar-refractivity contribution in [2.75, 3.05) is 50.9 Å². The van der Waals surface area contributed by atoms with E-state index < -0.39 is 0 Å². The Labute approximate surface area is 197 Å². The van der Waals surface area contributed by atoms with Crippen molar-refractivity contribution in [3.8, 4) is 16.9 Å². The fraction of sp³-hybridized carbons (Fsp3) is 0.360. The molecule has 1 aromatic heterocycles. The zero-order chi connectivity index (χ0) is 22.6. The van der Waals surface area contributed by atoms with Crippen LogP contribution >= 0.6 is 11.3 Å². The van der Waals surface area contributed by atoms with Crippen molar-refractivity contribution < 1.29 is 19.4 Å². The van der Waals surface area contributed by atoms with Crippen LogP contribution in [0.3, 0.4) is 0 Å². The molecule has 0 atom stereocenters. The van der Waals surface area contributed by atoms with E-state index in [1.807, 2.05) is 24.3 Å². The lowest BCUT2D eigenvalue weighted by Gasteiger charge is -2.26. The number of hydrogen-bond donors (Lipinski definition) is 1. The van der Waals surface area contributed by atoms with Gasteiger partial charge in [-0.15, -0.1) is 11.3 Å². The Bertz CT molecular complexity index is 1130. The molecule has 0 spiro atoms. The van der Waals surface area contributed by atoms with Gasteiger partial charge in [0.05, 0.1) is 24.7 Å². The number of aliphatic hydroxyl groups is 1. The third-order valence-corrected chi connectivity index (χ3v) is 7.06. The van der Waals surface area contributed by atoms with E-state index in [0.29, 0.717) is 23.0 Å². The van der Waals surface area contributed by atoms with Crippen LogP contribution in [0.15, 0.2) is 48.7 Å². The Kier molecular flexibility index (Phi) is 6.68. The number of hydrogen-bond acceptors (Lipinski definition) is 7. The standard InChI is InChI=1S/C25H27N3O4S/c29-17-20-16-26-24(33-20)25(30)28-8-7-22-21(5-2-6-23(22)28)18-3-1-4-19(15-18)32-14-11-27-9-12-31-13-10-27/h1-6,15-16,29H,7-14,17H2. The predicted molar refractivity (Wildman–Crippen MR) is 128 cm³/mol. The predicted octanol–water partition coefficient (Wildman–Crippen LogP) is 3.22. The second-order valence-electron chi connectivity index (χ2n) is 8.13. The smallest absolute Gasteiger partial charge is 0.287 e. The van der Waals surface area contributed by atoms with E-state index in [0.717, 1.165) is 67.4 Å². The quantitative estimate of drug-likeness (QED) is 0.578. The monoisotopic (exact) mass is 465 g/mol. The SMILES string of the molecule is O=C(c1ncc(CO)s1)N1CCc2c(-c3cccc(OCCN4CCOCC4)c3)cccc21. The van der Waals surface area contributed by atoms with Gasteiger partial charge in [-0.25, -0.2) is 4.98 Å². The van der Waals surface area contributed by atoms with Crippen molar-refractivity contribution in [3.05, 3.63) is 64.1 Å². The van der Waals surface area contributed by atoms with Crippen molar-refractivity contribution in [1.29, 1.82) is 0 Å². The minimum absolute atomic E-state index is 0.101. The van der Waals surface area contributed by atoms with E-state index in [1.54, 1.807) is 11.1 Å². The van der Waals surface area contributed by atoms with Crippen LogP contribution in [-0.4, -0.2) is 66.9 Å². The second-order valence-corrected chi connectivity index (χ2v) is 9.25. The Morgan fingerprint density at radius 3 is 2.82 bits per heavy atom. The summed E-state index contributed by atoms with van der Waals surface area (Å²) in [4.78, 5) is 22.1. The number of fused-ring (bicyclic) bond motifs is 1. The van der Waals surface area contributed by atoms with Crippen LogP contribution in [0.25, 0.3) is 11.1 Å². The summed E-state index contributed by atoms with van der Waals surface area (Å²) in [6, 6.07) is 14.3. The maximum absolute atomic E-state index is 13.0. The number of anilines is 1. The molecule has 33 heavy (non-hydrogen) atoms. The maximum Gasteiger partial charge on any atom is 0.287 e. The fourth-order valence-corrected chi connectivity index (χ4v) is 5.10. The number of nitrogens with zero attached hydrogens (tertiary/aromatic N) is 3.